The van der Waals surface area contributed by atoms with Crippen LogP contribution in [0.4, 0.5) is 4.39 Å². The van der Waals surface area contributed by atoms with Crippen molar-refractivity contribution in [2.45, 2.75) is 65.7 Å². The second-order valence-electron chi connectivity index (χ2n) is 11.0. The van der Waals surface area contributed by atoms with Gasteiger partial charge in [-0.05, 0) is 88.4 Å². The molecule has 2 aromatic heterocycles. The van der Waals surface area contributed by atoms with E-state index in [9.17, 15) is 14.3 Å². The number of carboxylic acids is 1. The van der Waals surface area contributed by atoms with Crippen molar-refractivity contribution in [3.8, 4) is 16.9 Å². The number of aromatic nitrogens is 2. The first kappa shape index (κ1) is 25.9. The molecule has 0 saturated carbocycles. The Morgan fingerprint density at radius 1 is 1.18 bits per heavy atom. The average molecular weight is 517 g/mol. The highest BCUT2D eigenvalue weighted by molar-refractivity contribution is 5.98. The summed E-state index contributed by atoms with van der Waals surface area (Å²) in [7, 11) is 0. The lowest BCUT2D eigenvalue weighted by Gasteiger charge is -2.28. The summed E-state index contributed by atoms with van der Waals surface area (Å²) in [5, 5.41) is 11.1. The molecule has 0 amide bonds. The molecule has 7 heteroatoms. The molecule has 0 saturated heterocycles. The molecule has 4 aromatic rings. The predicted molar refractivity (Wildman–Crippen MR) is 145 cm³/mol. The normalized spacial score (nSPS) is 14.3. The lowest BCUT2D eigenvalue weighted by atomic mass is 9.90. The van der Waals surface area contributed by atoms with E-state index in [0.717, 1.165) is 46.2 Å². The lowest BCUT2D eigenvalue weighted by Crippen LogP contribution is -2.28. The van der Waals surface area contributed by atoms with Crippen LogP contribution in [-0.4, -0.2) is 32.8 Å². The molecule has 1 N–H and O–H groups in total. The number of aliphatic carboxylic acids is 1. The van der Waals surface area contributed by atoms with Gasteiger partial charge >= 0.3 is 5.97 Å². The number of fused-ring (bicyclic) bond motifs is 2. The third kappa shape index (κ3) is 5.03. The third-order valence-corrected chi connectivity index (χ3v) is 6.84. The Kier molecular flexibility index (Phi) is 6.73. The van der Waals surface area contributed by atoms with Crippen molar-refractivity contribution in [3.63, 3.8) is 0 Å². The third-order valence-electron chi connectivity index (χ3n) is 6.84. The zero-order chi connectivity index (χ0) is 27.2. The Morgan fingerprint density at radius 2 is 1.97 bits per heavy atom. The summed E-state index contributed by atoms with van der Waals surface area (Å²) in [5.41, 5.74) is 5.20. The van der Waals surface area contributed by atoms with Crippen molar-refractivity contribution in [3.05, 3.63) is 82.4 Å². The number of carbonyl (C=O) groups is 1. The number of rotatable bonds is 6. The molecule has 38 heavy (non-hydrogen) atoms. The van der Waals surface area contributed by atoms with E-state index in [-0.39, 0.29) is 5.82 Å². The number of halogens is 1. The Labute approximate surface area is 222 Å². The molecule has 0 fully saturated rings. The van der Waals surface area contributed by atoms with Crippen molar-refractivity contribution in [1.82, 2.24) is 9.55 Å². The molecule has 1 aliphatic heterocycles. The van der Waals surface area contributed by atoms with Crippen LogP contribution in [0, 0.1) is 19.7 Å². The number of carboxylic acid groups (broad SMARTS) is 1. The van der Waals surface area contributed by atoms with Crippen LogP contribution in [0.2, 0.25) is 0 Å². The highest BCUT2D eigenvalue weighted by Gasteiger charge is 2.33. The molecule has 1 unspecified atom stereocenters. The zero-order valence-electron chi connectivity index (χ0n) is 22.5. The van der Waals surface area contributed by atoms with Crippen LogP contribution in [0.3, 0.4) is 0 Å². The Morgan fingerprint density at radius 3 is 2.68 bits per heavy atom. The maximum absolute atomic E-state index is 14.7. The van der Waals surface area contributed by atoms with Gasteiger partial charge in [-0.25, -0.2) is 14.2 Å². The van der Waals surface area contributed by atoms with Crippen molar-refractivity contribution < 1.29 is 23.8 Å². The fraction of sp³-hybridized carbons (Fsp3) is 0.355. The Bertz CT molecular complexity index is 1530. The Hall–Kier alpha value is -3.71. The van der Waals surface area contributed by atoms with Crippen LogP contribution >= 0.6 is 0 Å². The lowest BCUT2D eigenvalue weighted by molar-refractivity contribution is -0.160. The zero-order valence-corrected chi connectivity index (χ0v) is 22.5. The van der Waals surface area contributed by atoms with Crippen molar-refractivity contribution in [2.75, 3.05) is 6.61 Å². The number of ether oxygens (including phenoxy) is 2. The second-order valence-corrected chi connectivity index (χ2v) is 11.0. The quantitative estimate of drug-likeness (QED) is 0.306. The summed E-state index contributed by atoms with van der Waals surface area (Å²) < 4.78 is 28.5. The van der Waals surface area contributed by atoms with Crippen LogP contribution in [0.5, 0.6) is 5.75 Å². The molecule has 0 spiro atoms. The van der Waals surface area contributed by atoms with E-state index in [1.807, 2.05) is 69.6 Å². The van der Waals surface area contributed by atoms with Crippen molar-refractivity contribution >= 4 is 17.0 Å². The van der Waals surface area contributed by atoms with E-state index in [0.29, 0.717) is 35.6 Å². The first-order valence-electron chi connectivity index (χ1n) is 12.9. The molecule has 198 valence electrons. The maximum atomic E-state index is 14.7. The molecular formula is C31H33FN2O4. The van der Waals surface area contributed by atoms with Gasteiger partial charge in [0.05, 0.1) is 18.8 Å². The number of nitrogens with zero attached hydrogens (tertiary/aromatic N) is 2. The number of pyridine rings is 1. The van der Waals surface area contributed by atoms with Crippen LogP contribution in [-0.2, 0) is 22.5 Å². The standard InChI is InChI=1S/C31H33FN2O4/c1-18-8-9-22(24(32)15-18)17-34-13-12-23-27(21-10-11-25-20(16-21)7-6-14-37-25)26(19(2)33-29(23)34)28(30(35)36)38-31(3,4)5/h8-13,15-16,28H,6-7,14,17H2,1-5H3,(H,35,36). The van der Waals surface area contributed by atoms with E-state index >= 15 is 0 Å². The average Bonchev–Trinajstić information content (AvgIpc) is 3.24. The molecular weight excluding hydrogens is 483 g/mol. The minimum Gasteiger partial charge on any atom is -0.493 e. The van der Waals surface area contributed by atoms with Crippen LogP contribution in [0.15, 0.2) is 48.7 Å². The number of benzene rings is 2. The highest BCUT2D eigenvalue weighted by atomic mass is 19.1. The Balaban J connectivity index is 1.74. The number of hydrogen-bond acceptors (Lipinski definition) is 4. The highest BCUT2D eigenvalue weighted by Crippen LogP contribution is 2.41. The van der Waals surface area contributed by atoms with Gasteiger partial charge in [0.15, 0.2) is 6.10 Å². The van der Waals surface area contributed by atoms with E-state index in [4.69, 9.17) is 14.5 Å². The van der Waals surface area contributed by atoms with E-state index in [2.05, 4.69) is 6.07 Å². The van der Waals surface area contributed by atoms with Gasteiger partial charge < -0.3 is 19.1 Å². The molecule has 0 aliphatic carbocycles. The maximum Gasteiger partial charge on any atom is 0.337 e. The molecule has 0 bridgehead atoms. The molecule has 6 nitrogen and oxygen atoms in total. The smallest absolute Gasteiger partial charge is 0.337 e. The van der Waals surface area contributed by atoms with Gasteiger partial charge in [-0.2, -0.15) is 0 Å². The van der Waals surface area contributed by atoms with Crippen molar-refractivity contribution in [1.29, 1.82) is 0 Å². The van der Waals surface area contributed by atoms with Gasteiger partial charge in [-0.1, -0.05) is 18.2 Å². The predicted octanol–water partition coefficient (Wildman–Crippen LogP) is 6.77. The molecule has 5 rings (SSSR count). The van der Waals surface area contributed by atoms with Gasteiger partial charge in [0.2, 0.25) is 0 Å². The SMILES string of the molecule is Cc1ccc(Cn2ccc3c(-c4ccc5c(c4)CCCO5)c(C(OC(C)(C)C)C(=O)O)c(C)nc32)c(F)c1. The van der Waals surface area contributed by atoms with E-state index in [1.165, 1.54) is 6.07 Å². The molecule has 3 heterocycles. The minimum atomic E-state index is -1.22. The summed E-state index contributed by atoms with van der Waals surface area (Å²) in [4.78, 5) is 17.4. The van der Waals surface area contributed by atoms with Crippen LogP contribution in [0.1, 0.15) is 61.2 Å². The molecule has 0 radical (unpaired) electrons. The van der Waals surface area contributed by atoms with E-state index in [1.54, 1.807) is 6.07 Å². The van der Waals surface area contributed by atoms with Crippen LogP contribution in [0.25, 0.3) is 22.2 Å². The summed E-state index contributed by atoms with van der Waals surface area (Å²) in [6.07, 6.45) is 2.48. The second kappa shape index (κ2) is 9.87. The molecule has 1 aliphatic rings. The minimum absolute atomic E-state index is 0.264. The topological polar surface area (TPSA) is 73.6 Å². The van der Waals surface area contributed by atoms with E-state index < -0.39 is 17.7 Å². The van der Waals surface area contributed by atoms with Gasteiger partial charge in [-0.15, -0.1) is 0 Å². The summed E-state index contributed by atoms with van der Waals surface area (Å²) >= 11 is 0. The molecule has 2 aromatic carbocycles. The van der Waals surface area contributed by atoms with Gasteiger partial charge in [0, 0.05) is 34.0 Å². The fourth-order valence-corrected chi connectivity index (χ4v) is 5.15. The summed E-state index contributed by atoms with van der Waals surface area (Å²) in [6, 6.07) is 13.1. The van der Waals surface area contributed by atoms with Gasteiger partial charge in [-0.3, -0.25) is 0 Å². The number of hydrogen-bond donors (Lipinski definition) is 1. The number of aryl methyl sites for hydroxylation is 3. The first-order chi connectivity index (χ1) is 18.0. The van der Waals surface area contributed by atoms with Gasteiger partial charge in [0.1, 0.15) is 17.2 Å². The summed E-state index contributed by atoms with van der Waals surface area (Å²) in [6.45, 7) is 10.2. The van der Waals surface area contributed by atoms with Gasteiger partial charge in [0.25, 0.3) is 0 Å². The monoisotopic (exact) mass is 516 g/mol. The first-order valence-corrected chi connectivity index (χ1v) is 12.9. The largest absolute Gasteiger partial charge is 0.493 e. The van der Waals surface area contributed by atoms with Crippen LogP contribution < -0.4 is 4.74 Å². The fourth-order valence-electron chi connectivity index (χ4n) is 5.15. The molecule has 1 atom stereocenters. The summed E-state index contributed by atoms with van der Waals surface area (Å²) in [5.74, 6) is -0.482. The van der Waals surface area contributed by atoms with Crippen molar-refractivity contribution in [2.24, 2.45) is 0 Å².